The number of aromatic nitrogens is 1. The SMILES string of the molecule is CCCNC(Cc1ccc(F)cc1Br)c1cccnc1C. The van der Waals surface area contributed by atoms with Gasteiger partial charge in [-0.05, 0) is 55.6 Å². The van der Waals surface area contributed by atoms with Gasteiger partial charge in [0.15, 0.2) is 0 Å². The van der Waals surface area contributed by atoms with Gasteiger partial charge in [-0.25, -0.2) is 4.39 Å². The third-order valence-electron chi connectivity index (χ3n) is 3.50. The normalized spacial score (nSPS) is 12.4. The second-order valence-corrected chi connectivity index (χ2v) is 5.98. The summed E-state index contributed by atoms with van der Waals surface area (Å²) in [6.45, 7) is 5.11. The molecule has 0 spiro atoms. The zero-order valence-electron chi connectivity index (χ0n) is 12.4. The molecule has 2 nitrogen and oxygen atoms in total. The zero-order chi connectivity index (χ0) is 15.2. The highest BCUT2D eigenvalue weighted by Crippen LogP contribution is 2.25. The van der Waals surface area contributed by atoms with Crippen LogP contribution >= 0.6 is 15.9 Å². The minimum Gasteiger partial charge on any atom is -0.310 e. The fourth-order valence-corrected chi connectivity index (χ4v) is 2.90. The maximum Gasteiger partial charge on any atom is 0.124 e. The first-order chi connectivity index (χ1) is 10.1. The highest BCUT2D eigenvalue weighted by Gasteiger charge is 2.16. The van der Waals surface area contributed by atoms with Crippen LogP contribution in [0.15, 0.2) is 41.0 Å². The van der Waals surface area contributed by atoms with Crippen LogP contribution in [0.3, 0.4) is 0 Å². The van der Waals surface area contributed by atoms with Gasteiger partial charge in [0.2, 0.25) is 0 Å². The molecule has 0 fully saturated rings. The van der Waals surface area contributed by atoms with Crippen LogP contribution in [0.1, 0.15) is 36.2 Å². The van der Waals surface area contributed by atoms with E-state index in [4.69, 9.17) is 0 Å². The molecule has 0 radical (unpaired) electrons. The van der Waals surface area contributed by atoms with Gasteiger partial charge < -0.3 is 5.32 Å². The van der Waals surface area contributed by atoms with Gasteiger partial charge in [0.05, 0.1) is 0 Å². The Balaban J connectivity index is 2.26. The van der Waals surface area contributed by atoms with Crippen LogP contribution < -0.4 is 5.32 Å². The van der Waals surface area contributed by atoms with Crippen LogP contribution in [0.25, 0.3) is 0 Å². The lowest BCUT2D eigenvalue weighted by Crippen LogP contribution is -2.25. The van der Waals surface area contributed by atoms with E-state index in [1.807, 2.05) is 25.3 Å². The van der Waals surface area contributed by atoms with E-state index < -0.39 is 0 Å². The summed E-state index contributed by atoms with van der Waals surface area (Å²) in [5.41, 5.74) is 3.32. The Kier molecular flexibility index (Phi) is 5.88. The first-order valence-corrected chi connectivity index (χ1v) is 8.00. The number of aryl methyl sites for hydroxylation is 1. The van der Waals surface area contributed by atoms with Crippen molar-refractivity contribution in [1.29, 1.82) is 0 Å². The molecule has 2 rings (SSSR count). The largest absolute Gasteiger partial charge is 0.310 e. The molecule has 1 unspecified atom stereocenters. The molecule has 0 aliphatic carbocycles. The van der Waals surface area contributed by atoms with Crippen LogP contribution in [-0.4, -0.2) is 11.5 Å². The fourth-order valence-electron chi connectivity index (χ4n) is 2.38. The second-order valence-electron chi connectivity index (χ2n) is 5.12. The summed E-state index contributed by atoms with van der Waals surface area (Å²) >= 11 is 3.45. The molecule has 1 atom stereocenters. The number of benzene rings is 1. The second kappa shape index (κ2) is 7.66. The maximum atomic E-state index is 13.2. The number of rotatable bonds is 6. The third-order valence-corrected chi connectivity index (χ3v) is 4.24. The number of nitrogens with zero attached hydrogens (tertiary/aromatic N) is 1. The van der Waals surface area contributed by atoms with Gasteiger partial charge in [0.25, 0.3) is 0 Å². The Morgan fingerprint density at radius 1 is 1.33 bits per heavy atom. The van der Waals surface area contributed by atoms with Crippen molar-refractivity contribution in [3.05, 3.63) is 63.6 Å². The highest BCUT2D eigenvalue weighted by atomic mass is 79.9. The van der Waals surface area contributed by atoms with Crippen molar-refractivity contribution in [3.8, 4) is 0 Å². The number of hydrogen-bond donors (Lipinski definition) is 1. The van der Waals surface area contributed by atoms with Crippen LogP contribution in [0, 0.1) is 12.7 Å². The minimum atomic E-state index is -0.221. The van der Waals surface area contributed by atoms with Crippen molar-refractivity contribution >= 4 is 15.9 Å². The fraction of sp³-hybridized carbons (Fsp3) is 0.353. The molecular weight excluding hydrogens is 331 g/mol. The quantitative estimate of drug-likeness (QED) is 0.824. The Bertz CT molecular complexity index is 601. The molecule has 1 aromatic heterocycles. The third kappa shape index (κ3) is 4.35. The standard InChI is InChI=1S/C17H20BrFN2/c1-3-8-21-17(15-5-4-9-20-12(15)2)10-13-6-7-14(19)11-16(13)18/h4-7,9,11,17,21H,3,8,10H2,1-2H3. The Labute approximate surface area is 133 Å². The molecule has 1 aromatic carbocycles. The van der Waals surface area contributed by atoms with Crippen molar-refractivity contribution in [2.24, 2.45) is 0 Å². The molecule has 1 heterocycles. The van der Waals surface area contributed by atoms with E-state index in [1.54, 1.807) is 0 Å². The lowest BCUT2D eigenvalue weighted by Gasteiger charge is -2.21. The highest BCUT2D eigenvalue weighted by molar-refractivity contribution is 9.10. The van der Waals surface area contributed by atoms with Gasteiger partial charge in [-0.3, -0.25) is 4.98 Å². The van der Waals surface area contributed by atoms with E-state index in [9.17, 15) is 4.39 Å². The Hall–Kier alpha value is -1.26. The van der Waals surface area contributed by atoms with Gasteiger partial charge in [0, 0.05) is 22.4 Å². The summed E-state index contributed by atoms with van der Waals surface area (Å²) < 4.78 is 14.0. The summed E-state index contributed by atoms with van der Waals surface area (Å²) in [4.78, 5) is 4.37. The van der Waals surface area contributed by atoms with E-state index in [0.717, 1.165) is 35.1 Å². The molecule has 0 bridgehead atoms. The molecule has 2 aromatic rings. The lowest BCUT2D eigenvalue weighted by molar-refractivity contribution is 0.524. The van der Waals surface area contributed by atoms with Crippen LogP contribution in [0.5, 0.6) is 0 Å². The predicted octanol–water partition coefficient (Wildman–Crippen LogP) is 4.58. The average molecular weight is 351 g/mol. The summed E-state index contributed by atoms with van der Waals surface area (Å²) in [6.07, 6.45) is 3.68. The van der Waals surface area contributed by atoms with E-state index in [-0.39, 0.29) is 11.9 Å². The summed E-state index contributed by atoms with van der Waals surface area (Å²) in [5.74, 6) is -0.221. The minimum absolute atomic E-state index is 0.181. The average Bonchev–Trinajstić information content (AvgIpc) is 2.46. The monoisotopic (exact) mass is 350 g/mol. The maximum absolute atomic E-state index is 13.2. The van der Waals surface area contributed by atoms with Crippen LogP contribution in [-0.2, 0) is 6.42 Å². The van der Waals surface area contributed by atoms with Crippen molar-refractivity contribution in [3.63, 3.8) is 0 Å². The molecular formula is C17H20BrFN2. The number of hydrogen-bond acceptors (Lipinski definition) is 2. The molecule has 0 aliphatic heterocycles. The molecule has 112 valence electrons. The first kappa shape index (κ1) is 16.1. The van der Waals surface area contributed by atoms with Gasteiger partial charge in [-0.15, -0.1) is 0 Å². The zero-order valence-corrected chi connectivity index (χ0v) is 14.0. The van der Waals surface area contributed by atoms with Gasteiger partial charge in [0.1, 0.15) is 5.82 Å². The topological polar surface area (TPSA) is 24.9 Å². The molecule has 0 amide bonds. The predicted molar refractivity (Wildman–Crippen MR) is 87.8 cm³/mol. The van der Waals surface area contributed by atoms with Crippen molar-refractivity contribution in [1.82, 2.24) is 10.3 Å². The molecule has 0 aliphatic rings. The van der Waals surface area contributed by atoms with E-state index in [0.29, 0.717) is 0 Å². The number of halogens is 2. The molecule has 0 saturated carbocycles. The van der Waals surface area contributed by atoms with E-state index in [1.165, 1.54) is 17.7 Å². The van der Waals surface area contributed by atoms with Crippen molar-refractivity contribution in [2.45, 2.75) is 32.7 Å². The molecule has 21 heavy (non-hydrogen) atoms. The van der Waals surface area contributed by atoms with Gasteiger partial charge in [-0.2, -0.15) is 0 Å². The summed E-state index contributed by atoms with van der Waals surface area (Å²) in [6, 6.07) is 9.11. The van der Waals surface area contributed by atoms with Gasteiger partial charge >= 0.3 is 0 Å². The Morgan fingerprint density at radius 3 is 2.81 bits per heavy atom. The number of nitrogens with one attached hydrogen (secondary N) is 1. The Morgan fingerprint density at radius 2 is 2.14 bits per heavy atom. The van der Waals surface area contributed by atoms with Gasteiger partial charge in [-0.1, -0.05) is 35.0 Å². The van der Waals surface area contributed by atoms with Crippen molar-refractivity contribution < 1.29 is 4.39 Å². The van der Waals surface area contributed by atoms with Crippen molar-refractivity contribution in [2.75, 3.05) is 6.54 Å². The number of pyridine rings is 1. The molecule has 0 saturated heterocycles. The van der Waals surface area contributed by atoms with E-state index in [2.05, 4.69) is 39.2 Å². The summed E-state index contributed by atoms with van der Waals surface area (Å²) in [7, 11) is 0. The lowest BCUT2D eigenvalue weighted by atomic mass is 9.97. The van der Waals surface area contributed by atoms with E-state index >= 15 is 0 Å². The van der Waals surface area contributed by atoms with Crippen LogP contribution in [0.4, 0.5) is 4.39 Å². The van der Waals surface area contributed by atoms with Crippen LogP contribution in [0.2, 0.25) is 0 Å². The smallest absolute Gasteiger partial charge is 0.124 e. The molecule has 1 N–H and O–H groups in total. The summed E-state index contributed by atoms with van der Waals surface area (Å²) in [5, 5.41) is 3.56. The molecule has 4 heteroatoms. The first-order valence-electron chi connectivity index (χ1n) is 7.20.